The topological polar surface area (TPSA) is 42.3 Å². The Morgan fingerprint density at radius 3 is 2.52 bits per heavy atom. The fraction of sp³-hybridized carbons (Fsp3) is 0.812. The Morgan fingerprint density at radius 2 is 2.10 bits per heavy atom. The zero-order valence-electron chi connectivity index (χ0n) is 14.5. The molecule has 1 saturated heterocycles. The van der Waals surface area contributed by atoms with Crippen molar-refractivity contribution in [2.24, 2.45) is 7.05 Å². The molecular formula is C16H30N4O. The number of nitrogens with zero attached hydrogens (tertiary/aromatic N) is 3. The number of aryl methyl sites for hydroxylation is 1. The lowest BCUT2D eigenvalue weighted by Gasteiger charge is -2.30. The fourth-order valence-corrected chi connectivity index (χ4v) is 3.34. The second kappa shape index (κ2) is 5.71. The van der Waals surface area contributed by atoms with E-state index < -0.39 is 0 Å². The van der Waals surface area contributed by atoms with Crippen molar-refractivity contribution in [1.29, 1.82) is 0 Å². The molecule has 0 radical (unpaired) electrons. The first kappa shape index (κ1) is 16.5. The van der Waals surface area contributed by atoms with E-state index in [0.717, 1.165) is 13.0 Å². The maximum Gasteiger partial charge on any atom is 0.0787 e. The van der Waals surface area contributed by atoms with Gasteiger partial charge in [-0.15, -0.1) is 0 Å². The van der Waals surface area contributed by atoms with E-state index in [9.17, 15) is 0 Å². The molecule has 2 rings (SSSR count). The summed E-state index contributed by atoms with van der Waals surface area (Å²) >= 11 is 0. The number of aromatic nitrogens is 2. The van der Waals surface area contributed by atoms with Crippen LogP contribution < -0.4 is 5.32 Å². The summed E-state index contributed by atoms with van der Waals surface area (Å²) in [5.74, 6) is 0. The number of rotatable bonds is 5. The average Bonchev–Trinajstić information content (AvgIpc) is 2.80. The van der Waals surface area contributed by atoms with Crippen LogP contribution >= 0.6 is 0 Å². The van der Waals surface area contributed by atoms with Gasteiger partial charge in [-0.05, 0) is 48.2 Å². The van der Waals surface area contributed by atoms with Gasteiger partial charge in [0.2, 0.25) is 0 Å². The molecule has 0 spiro atoms. The molecule has 1 aromatic rings. The van der Waals surface area contributed by atoms with Gasteiger partial charge in [-0.3, -0.25) is 4.68 Å². The third-order valence-electron chi connectivity index (χ3n) is 4.36. The van der Waals surface area contributed by atoms with Gasteiger partial charge in [-0.1, -0.05) is 0 Å². The van der Waals surface area contributed by atoms with E-state index >= 15 is 0 Å². The van der Waals surface area contributed by atoms with E-state index in [1.54, 1.807) is 0 Å². The van der Waals surface area contributed by atoms with Crippen molar-refractivity contribution in [3.63, 3.8) is 0 Å². The highest BCUT2D eigenvalue weighted by atomic mass is 16.5. The van der Waals surface area contributed by atoms with Gasteiger partial charge in [0.15, 0.2) is 0 Å². The summed E-state index contributed by atoms with van der Waals surface area (Å²) < 4.78 is 8.02. The Morgan fingerprint density at radius 1 is 1.43 bits per heavy atom. The first-order valence-corrected chi connectivity index (χ1v) is 7.69. The molecule has 0 bridgehead atoms. The van der Waals surface area contributed by atoms with Crippen molar-refractivity contribution in [3.8, 4) is 0 Å². The maximum atomic E-state index is 6.16. The smallest absolute Gasteiger partial charge is 0.0787 e. The summed E-state index contributed by atoms with van der Waals surface area (Å²) in [6, 6.07) is 0.685. The fourth-order valence-electron chi connectivity index (χ4n) is 3.34. The highest BCUT2D eigenvalue weighted by Crippen LogP contribution is 2.37. The standard InChI is InChI=1S/C16H30N4O/c1-15(2)8-14(16(3,4)21-15)17-10-13(19(5)6)12-9-18-20(7)11-12/h9,11,13-14,17H,8,10H2,1-7H3/t13-,14-/m1/s1. The highest BCUT2D eigenvalue weighted by molar-refractivity contribution is 5.11. The molecule has 0 aromatic carbocycles. The van der Waals surface area contributed by atoms with E-state index in [1.807, 2.05) is 17.9 Å². The van der Waals surface area contributed by atoms with Gasteiger partial charge >= 0.3 is 0 Å². The quantitative estimate of drug-likeness (QED) is 0.901. The molecule has 120 valence electrons. The largest absolute Gasteiger partial charge is 0.368 e. The monoisotopic (exact) mass is 294 g/mol. The van der Waals surface area contributed by atoms with Gasteiger partial charge in [0.1, 0.15) is 0 Å². The first-order chi connectivity index (χ1) is 9.61. The summed E-state index contributed by atoms with van der Waals surface area (Å²) in [4.78, 5) is 2.23. The summed E-state index contributed by atoms with van der Waals surface area (Å²) in [6.07, 6.45) is 5.08. The lowest BCUT2D eigenvalue weighted by molar-refractivity contribution is -0.0700. The number of nitrogens with one attached hydrogen (secondary N) is 1. The molecule has 5 heteroatoms. The number of hydrogen-bond acceptors (Lipinski definition) is 4. The van der Waals surface area contributed by atoms with E-state index in [1.165, 1.54) is 5.56 Å². The lowest BCUT2D eigenvalue weighted by atomic mass is 9.94. The maximum absolute atomic E-state index is 6.16. The highest BCUT2D eigenvalue weighted by Gasteiger charge is 2.45. The summed E-state index contributed by atoms with van der Waals surface area (Å²) in [5, 5.41) is 8.00. The van der Waals surface area contributed by atoms with E-state index in [2.05, 4.69) is 63.3 Å². The molecule has 1 aliphatic rings. The number of ether oxygens (including phenoxy) is 1. The molecule has 5 nitrogen and oxygen atoms in total. The van der Waals surface area contributed by atoms with Gasteiger partial charge in [-0.25, -0.2) is 0 Å². The predicted molar refractivity (Wildman–Crippen MR) is 85.3 cm³/mol. The Bertz CT molecular complexity index is 478. The summed E-state index contributed by atoms with van der Waals surface area (Å²) in [5.41, 5.74) is 1.06. The molecule has 0 amide bonds. The van der Waals surface area contributed by atoms with E-state index in [4.69, 9.17) is 4.74 Å². The molecule has 2 heterocycles. The molecule has 0 unspecified atom stereocenters. The molecule has 1 aliphatic heterocycles. The summed E-state index contributed by atoms with van der Waals surface area (Å²) in [7, 11) is 6.18. The third kappa shape index (κ3) is 3.84. The van der Waals surface area contributed by atoms with Crippen LogP contribution in [0.1, 0.15) is 45.7 Å². The van der Waals surface area contributed by atoms with Crippen molar-refractivity contribution in [2.75, 3.05) is 20.6 Å². The minimum Gasteiger partial charge on any atom is -0.368 e. The van der Waals surface area contributed by atoms with Crippen LogP contribution in [0.5, 0.6) is 0 Å². The second-order valence-corrected chi connectivity index (χ2v) is 7.56. The normalized spacial score (nSPS) is 25.4. The van der Waals surface area contributed by atoms with Gasteiger partial charge in [0.05, 0.1) is 17.4 Å². The lowest BCUT2D eigenvalue weighted by Crippen LogP contribution is -2.46. The van der Waals surface area contributed by atoms with Crippen molar-refractivity contribution in [2.45, 2.75) is 57.4 Å². The Labute approximate surface area is 128 Å². The predicted octanol–water partition coefficient (Wildman–Crippen LogP) is 1.96. The van der Waals surface area contributed by atoms with Crippen molar-refractivity contribution >= 4 is 0 Å². The van der Waals surface area contributed by atoms with Crippen molar-refractivity contribution < 1.29 is 4.74 Å². The van der Waals surface area contributed by atoms with Gasteiger partial charge < -0.3 is 15.0 Å². The van der Waals surface area contributed by atoms with Gasteiger partial charge in [0, 0.05) is 37.4 Å². The van der Waals surface area contributed by atoms with Crippen LogP contribution in [-0.2, 0) is 11.8 Å². The zero-order valence-corrected chi connectivity index (χ0v) is 14.5. The second-order valence-electron chi connectivity index (χ2n) is 7.56. The molecular weight excluding hydrogens is 264 g/mol. The summed E-state index contributed by atoms with van der Waals surface area (Å²) in [6.45, 7) is 9.58. The van der Waals surface area contributed by atoms with Crippen LogP contribution in [-0.4, -0.2) is 52.6 Å². The average molecular weight is 294 g/mol. The third-order valence-corrected chi connectivity index (χ3v) is 4.36. The van der Waals surface area contributed by atoms with Crippen molar-refractivity contribution in [1.82, 2.24) is 20.0 Å². The molecule has 0 aliphatic carbocycles. The molecule has 2 atom stereocenters. The Balaban J connectivity index is 2.03. The van der Waals surface area contributed by atoms with E-state index in [0.29, 0.717) is 12.1 Å². The van der Waals surface area contributed by atoms with Crippen LogP contribution in [0.2, 0.25) is 0 Å². The minimum absolute atomic E-state index is 0.0525. The van der Waals surface area contributed by atoms with Crippen molar-refractivity contribution in [3.05, 3.63) is 18.0 Å². The van der Waals surface area contributed by atoms with Crippen LogP contribution in [0.4, 0.5) is 0 Å². The Kier molecular flexibility index (Phi) is 4.47. The number of likely N-dealkylation sites (N-methyl/N-ethyl adjacent to an activating group) is 1. The van der Waals surface area contributed by atoms with Crippen LogP contribution in [0.3, 0.4) is 0 Å². The van der Waals surface area contributed by atoms with Gasteiger partial charge in [0.25, 0.3) is 0 Å². The van der Waals surface area contributed by atoms with Crippen LogP contribution in [0.15, 0.2) is 12.4 Å². The van der Waals surface area contributed by atoms with Gasteiger partial charge in [-0.2, -0.15) is 5.10 Å². The molecule has 1 fully saturated rings. The Hall–Kier alpha value is -0.910. The van der Waals surface area contributed by atoms with Crippen LogP contribution in [0.25, 0.3) is 0 Å². The first-order valence-electron chi connectivity index (χ1n) is 7.69. The molecule has 0 saturated carbocycles. The minimum atomic E-state index is -0.130. The zero-order chi connectivity index (χ0) is 15.8. The SMILES string of the molecule is CN(C)[C@H](CN[C@@H]1CC(C)(C)OC1(C)C)c1cnn(C)c1. The van der Waals surface area contributed by atoms with E-state index in [-0.39, 0.29) is 11.2 Å². The molecule has 1 aromatic heterocycles. The molecule has 1 N–H and O–H groups in total. The number of hydrogen-bond donors (Lipinski definition) is 1. The molecule has 21 heavy (non-hydrogen) atoms. The van der Waals surface area contributed by atoms with Crippen LogP contribution in [0, 0.1) is 0 Å².